The fourth-order valence-electron chi connectivity index (χ4n) is 1.70. The van der Waals surface area contributed by atoms with Gasteiger partial charge in [-0.25, -0.2) is 4.79 Å². The van der Waals surface area contributed by atoms with E-state index in [0.29, 0.717) is 17.5 Å². The van der Waals surface area contributed by atoms with Gasteiger partial charge in [-0.2, -0.15) is 0 Å². The van der Waals surface area contributed by atoms with Crippen molar-refractivity contribution < 1.29 is 9.90 Å². The number of nitrogens with zero attached hydrogens (tertiary/aromatic N) is 3. The van der Waals surface area contributed by atoms with E-state index < -0.39 is 5.97 Å². The van der Waals surface area contributed by atoms with Crippen molar-refractivity contribution in [2.75, 3.05) is 11.9 Å². The van der Waals surface area contributed by atoms with Crippen LogP contribution < -0.4 is 4.90 Å². The second-order valence-corrected chi connectivity index (χ2v) is 4.98. The van der Waals surface area contributed by atoms with Gasteiger partial charge in [0, 0.05) is 13.6 Å². The summed E-state index contributed by atoms with van der Waals surface area (Å²) in [6, 6.07) is 8.27. The normalized spacial score (nSPS) is 10.3. The van der Waals surface area contributed by atoms with Crippen LogP contribution >= 0.6 is 23.2 Å². The standard InChI is InChI=1S/C13H11Cl2N3O2/c1-18(12-5-4-11(15)16-17-12)7-8-2-3-10(14)9(6-8)13(19)20/h2-6H,7H2,1H3,(H,19,20). The molecule has 1 heterocycles. The Kier molecular flexibility index (Phi) is 4.42. The molecule has 5 nitrogen and oxygen atoms in total. The molecule has 0 fully saturated rings. The molecule has 0 radical (unpaired) electrons. The summed E-state index contributed by atoms with van der Waals surface area (Å²) in [7, 11) is 1.83. The summed E-state index contributed by atoms with van der Waals surface area (Å²) in [5.41, 5.74) is 0.894. The van der Waals surface area contributed by atoms with Crippen LogP contribution in [0.3, 0.4) is 0 Å². The zero-order valence-corrected chi connectivity index (χ0v) is 12.1. The van der Waals surface area contributed by atoms with Gasteiger partial charge in [-0.05, 0) is 29.8 Å². The van der Waals surface area contributed by atoms with E-state index in [1.165, 1.54) is 0 Å². The van der Waals surface area contributed by atoms with Crippen molar-refractivity contribution >= 4 is 35.0 Å². The van der Waals surface area contributed by atoms with E-state index in [0.717, 1.165) is 5.56 Å². The Hall–Kier alpha value is -1.85. The summed E-state index contributed by atoms with van der Waals surface area (Å²) in [6.07, 6.45) is 0. The maximum atomic E-state index is 11.0. The molecule has 7 heteroatoms. The van der Waals surface area contributed by atoms with Crippen LogP contribution in [0.5, 0.6) is 0 Å². The average molecular weight is 312 g/mol. The molecule has 0 saturated carbocycles. The number of rotatable bonds is 4. The van der Waals surface area contributed by atoms with E-state index in [2.05, 4.69) is 10.2 Å². The summed E-state index contributed by atoms with van der Waals surface area (Å²) < 4.78 is 0. The predicted molar refractivity (Wildman–Crippen MR) is 77.6 cm³/mol. The third kappa shape index (κ3) is 3.37. The van der Waals surface area contributed by atoms with Crippen molar-refractivity contribution in [2.45, 2.75) is 6.54 Å². The summed E-state index contributed by atoms with van der Waals surface area (Å²) in [6.45, 7) is 0.480. The Bertz CT molecular complexity index is 632. The number of anilines is 1. The average Bonchev–Trinajstić information content (AvgIpc) is 2.41. The summed E-state index contributed by atoms with van der Waals surface area (Å²) in [4.78, 5) is 12.9. The monoisotopic (exact) mass is 311 g/mol. The maximum Gasteiger partial charge on any atom is 0.337 e. The van der Waals surface area contributed by atoms with Gasteiger partial charge in [0.25, 0.3) is 0 Å². The number of benzene rings is 1. The lowest BCUT2D eigenvalue weighted by atomic mass is 10.1. The molecule has 0 bridgehead atoms. The van der Waals surface area contributed by atoms with Crippen molar-refractivity contribution in [3.63, 3.8) is 0 Å². The highest BCUT2D eigenvalue weighted by Crippen LogP contribution is 2.20. The molecular weight excluding hydrogens is 301 g/mol. The van der Waals surface area contributed by atoms with Gasteiger partial charge in [-0.15, -0.1) is 10.2 Å². The highest BCUT2D eigenvalue weighted by molar-refractivity contribution is 6.33. The molecule has 0 aliphatic rings. The number of halogens is 2. The first-order chi connectivity index (χ1) is 9.47. The summed E-state index contributed by atoms with van der Waals surface area (Å²) in [5.74, 6) is -0.410. The molecule has 1 aromatic carbocycles. The van der Waals surface area contributed by atoms with E-state index in [9.17, 15) is 4.79 Å². The zero-order chi connectivity index (χ0) is 14.7. The van der Waals surface area contributed by atoms with Gasteiger partial charge in [-0.3, -0.25) is 0 Å². The van der Waals surface area contributed by atoms with Gasteiger partial charge in [0.15, 0.2) is 11.0 Å². The van der Waals surface area contributed by atoms with Crippen molar-refractivity contribution in [1.29, 1.82) is 0 Å². The van der Waals surface area contributed by atoms with E-state index >= 15 is 0 Å². The fraction of sp³-hybridized carbons (Fsp3) is 0.154. The number of carboxylic acid groups (broad SMARTS) is 1. The van der Waals surface area contributed by atoms with Crippen molar-refractivity contribution in [3.8, 4) is 0 Å². The minimum Gasteiger partial charge on any atom is -0.478 e. The quantitative estimate of drug-likeness (QED) is 0.939. The third-order valence-electron chi connectivity index (χ3n) is 2.69. The number of hydrogen-bond donors (Lipinski definition) is 1. The van der Waals surface area contributed by atoms with E-state index in [1.54, 1.807) is 30.3 Å². The lowest BCUT2D eigenvalue weighted by Gasteiger charge is -2.17. The van der Waals surface area contributed by atoms with E-state index in [1.807, 2.05) is 11.9 Å². The van der Waals surface area contributed by atoms with Crippen LogP contribution in [-0.4, -0.2) is 28.3 Å². The van der Waals surface area contributed by atoms with Crippen molar-refractivity contribution in [3.05, 3.63) is 51.6 Å². The number of hydrogen-bond acceptors (Lipinski definition) is 4. The molecular formula is C13H11Cl2N3O2. The Balaban J connectivity index is 2.19. The number of aromatic carboxylic acids is 1. The molecule has 20 heavy (non-hydrogen) atoms. The van der Waals surface area contributed by atoms with Crippen molar-refractivity contribution in [1.82, 2.24) is 10.2 Å². The minimum atomic E-state index is -1.05. The molecule has 0 atom stereocenters. The second-order valence-electron chi connectivity index (χ2n) is 4.19. The first-order valence-corrected chi connectivity index (χ1v) is 6.45. The lowest BCUT2D eigenvalue weighted by molar-refractivity contribution is 0.0697. The van der Waals surface area contributed by atoms with Crippen LogP contribution in [0.4, 0.5) is 5.82 Å². The van der Waals surface area contributed by atoms with Gasteiger partial charge < -0.3 is 10.0 Å². The van der Waals surface area contributed by atoms with Gasteiger partial charge in [0.1, 0.15) is 0 Å². The Morgan fingerprint density at radius 2 is 2.00 bits per heavy atom. The smallest absolute Gasteiger partial charge is 0.337 e. The molecule has 1 N–H and O–H groups in total. The Labute approximate surface area is 125 Å². The molecule has 0 aliphatic heterocycles. The maximum absolute atomic E-state index is 11.0. The van der Waals surface area contributed by atoms with E-state index in [-0.39, 0.29) is 10.6 Å². The molecule has 0 aliphatic carbocycles. The molecule has 0 unspecified atom stereocenters. The summed E-state index contributed by atoms with van der Waals surface area (Å²) in [5, 5.41) is 17.3. The van der Waals surface area contributed by atoms with Crippen molar-refractivity contribution in [2.24, 2.45) is 0 Å². The fourth-order valence-corrected chi connectivity index (χ4v) is 2.00. The van der Waals surface area contributed by atoms with Gasteiger partial charge in [-0.1, -0.05) is 29.3 Å². The molecule has 104 valence electrons. The first-order valence-electron chi connectivity index (χ1n) is 5.69. The molecule has 0 saturated heterocycles. The third-order valence-corrected chi connectivity index (χ3v) is 3.22. The van der Waals surface area contributed by atoms with Crippen LogP contribution in [0.25, 0.3) is 0 Å². The molecule has 2 rings (SSSR count). The van der Waals surface area contributed by atoms with Gasteiger partial charge in [0.05, 0.1) is 10.6 Å². The van der Waals surface area contributed by atoms with Crippen LogP contribution in [0.1, 0.15) is 15.9 Å². The van der Waals surface area contributed by atoms with Crippen LogP contribution in [0, 0.1) is 0 Å². The van der Waals surface area contributed by atoms with Gasteiger partial charge in [0.2, 0.25) is 0 Å². The Morgan fingerprint density at radius 1 is 1.25 bits per heavy atom. The topological polar surface area (TPSA) is 66.3 Å². The largest absolute Gasteiger partial charge is 0.478 e. The molecule has 0 spiro atoms. The minimum absolute atomic E-state index is 0.0831. The highest BCUT2D eigenvalue weighted by atomic mass is 35.5. The molecule has 0 amide bonds. The van der Waals surface area contributed by atoms with E-state index in [4.69, 9.17) is 28.3 Å². The lowest BCUT2D eigenvalue weighted by Crippen LogP contribution is -2.18. The first kappa shape index (κ1) is 14.6. The number of aromatic nitrogens is 2. The zero-order valence-electron chi connectivity index (χ0n) is 10.5. The Morgan fingerprint density at radius 3 is 2.60 bits per heavy atom. The van der Waals surface area contributed by atoms with Crippen LogP contribution in [-0.2, 0) is 6.54 Å². The SMILES string of the molecule is CN(Cc1ccc(Cl)c(C(=O)O)c1)c1ccc(Cl)nn1. The second kappa shape index (κ2) is 6.07. The van der Waals surface area contributed by atoms with Gasteiger partial charge >= 0.3 is 5.97 Å². The predicted octanol–water partition coefficient (Wildman–Crippen LogP) is 3.12. The van der Waals surface area contributed by atoms with Crippen LogP contribution in [0.2, 0.25) is 10.2 Å². The van der Waals surface area contributed by atoms with Crippen LogP contribution in [0.15, 0.2) is 30.3 Å². The highest BCUT2D eigenvalue weighted by Gasteiger charge is 2.11. The molecule has 2 aromatic rings. The molecule has 1 aromatic heterocycles. The summed E-state index contributed by atoms with van der Waals surface area (Å²) >= 11 is 11.5. The number of carboxylic acids is 1. The number of carbonyl (C=O) groups is 1.